The summed E-state index contributed by atoms with van der Waals surface area (Å²) in [7, 11) is -3.34. The van der Waals surface area contributed by atoms with Crippen LogP contribution in [0.15, 0.2) is 29.1 Å². The third-order valence-electron chi connectivity index (χ3n) is 5.54. The van der Waals surface area contributed by atoms with Crippen LogP contribution in [0, 0.1) is 5.82 Å². The predicted octanol–water partition coefficient (Wildman–Crippen LogP) is 1.56. The molecule has 9 heteroatoms. The van der Waals surface area contributed by atoms with Crippen LogP contribution in [0.4, 0.5) is 4.39 Å². The molecule has 1 aromatic heterocycles. The molecule has 28 heavy (non-hydrogen) atoms. The fourth-order valence-electron chi connectivity index (χ4n) is 4.05. The van der Waals surface area contributed by atoms with Gasteiger partial charge < -0.3 is 4.98 Å². The van der Waals surface area contributed by atoms with Crippen molar-refractivity contribution < 1.29 is 12.8 Å². The molecule has 0 aliphatic carbocycles. The number of aromatic nitrogens is 2. The van der Waals surface area contributed by atoms with Crippen molar-refractivity contribution in [3.63, 3.8) is 0 Å². The zero-order valence-corrected chi connectivity index (χ0v) is 16.5. The van der Waals surface area contributed by atoms with Crippen LogP contribution in [-0.2, 0) is 29.5 Å². The van der Waals surface area contributed by atoms with E-state index in [-0.39, 0.29) is 24.0 Å². The number of fused-ring (bicyclic) bond motifs is 1. The highest BCUT2D eigenvalue weighted by Gasteiger charge is 2.31. The largest absolute Gasteiger partial charge is 0.309 e. The van der Waals surface area contributed by atoms with Crippen LogP contribution in [-0.4, -0.2) is 46.9 Å². The zero-order valence-electron chi connectivity index (χ0n) is 15.7. The first-order valence-corrected chi connectivity index (χ1v) is 11.2. The van der Waals surface area contributed by atoms with Crippen molar-refractivity contribution >= 4 is 10.0 Å². The molecule has 2 aromatic rings. The second-order valence-electron chi connectivity index (χ2n) is 7.44. The molecule has 150 valence electrons. The number of hydrogen-bond donors (Lipinski definition) is 1. The third-order valence-corrected chi connectivity index (χ3v) is 6.79. The second kappa shape index (κ2) is 7.38. The summed E-state index contributed by atoms with van der Waals surface area (Å²) < 4.78 is 39.2. The van der Waals surface area contributed by atoms with Crippen LogP contribution in [0.5, 0.6) is 0 Å². The smallest absolute Gasteiger partial charge is 0.254 e. The minimum absolute atomic E-state index is 0.116. The lowest BCUT2D eigenvalue weighted by Crippen LogP contribution is -2.39. The van der Waals surface area contributed by atoms with Crippen LogP contribution in [0.25, 0.3) is 0 Å². The van der Waals surface area contributed by atoms with Crippen molar-refractivity contribution in [1.29, 1.82) is 0 Å². The number of nitrogens with one attached hydrogen (secondary N) is 1. The quantitative estimate of drug-likeness (QED) is 0.833. The summed E-state index contributed by atoms with van der Waals surface area (Å²) in [5.41, 5.74) is 1.49. The Labute approximate surface area is 163 Å². The summed E-state index contributed by atoms with van der Waals surface area (Å²) in [5, 5.41) is 0. The average molecular weight is 406 g/mol. The molecule has 1 N–H and O–H groups in total. The van der Waals surface area contributed by atoms with Crippen molar-refractivity contribution in [3.8, 4) is 0 Å². The highest BCUT2D eigenvalue weighted by Crippen LogP contribution is 2.32. The van der Waals surface area contributed by atoms with Crippen LogP contribution in [0.2, 0.25) is 0 Å². The van der Waals surface area contributed by atoms with E-state index in [0.29, 0.717) is 42.2 Å². The molecular weight excluding hydrogens is 383 g/mol. The van der Waals surface area contributed by atoms with Gasteiger partial charge in [0.05, 0.1) is 24.5 Å². The fraction of sp³-hybridized carbons (Fsp3) is 0.474. The summed E-state index contributed by atoms with van der Waals surface area (Å²) in [6.45, 7) is 1.63. The molecule has 1 unspecified atom stereocenters. The third kappa shape index (κ3) is 3.74. The van der Waals surface area contributed by atoms with Crippen LogP contribution in [0.1, 0.15) is 41.5 Å². The number of benzene rings is 1. The Hall–Kier alpha value is -2.10. The van der Waals surface area contributed by atoms with Gasteiger partial charge in [-0.15, -0.1) is 0 Å². The van der Waals surface area contributed by atoms with Gasteiger partial charge in [0.15, 0.2) is 0 Å². The van der Waals surface area contributed by atoms with Crippen LogP contribution < -0.4 is 5.56 Å². The van der Waals surface area contributed by atoms with E-state index in [4.69, 9.17) is 0 Å². The Morgan fingerprint density at radius 3 is 2.82 bits per heavy atom. The molecule has 1 fully saturated rings. The number of H-pyrrole nitrogens is 1. The molecule has 0 saturated carbocycles. The lowest BCUT2D eigenvalue weighted by Gasteiger charge is -2.28. The zero-order chi connectivity index (χ0) is 19.9. The Morgan fingerprint density at radius 2 is 2.07 bits per heavy atom. The molecule has 7 nitrogen and oxygen atoms in total. The molecule has 4 rings (SSSR count). The maximum Gasteiger partial charge on any atom is 0.254 e. The maximum absolute atomic E-state index is 14.1. The number of rotatable bonds is 4. The van der Waals surface area contributed by atoms with Crippen molar-refractivity contribution in [3.05, 3.63) is 63.1 Å². The Kier molecular flexibility index (Phi) is 5.07. The number of sulfonamides is 1. The van der Waals surface area contributed by atoms with E-state index in [1.165, 1.54) is 16.6 Å². The Balaban J connectivity index is 1.63. The Bertz CT molecular complexity index is 1050. The van der Waals surface area contributed by atoms with Gasteiger partial charge in [-0.1, -0.05) is 18.2 Å². The first kappa shape index (κ1) is 19.2. The molecule has 1 aromatic carbocycles. The number of aromatic amines is 1. The van der Waals surface area contributed by atoms with Gasteiger partial charge in [-0.3, -0.25) is 9.69 Å². The maximum atomic E-state index is 14.1. The van der Waals surface area contributed by atoms with Gasteiger partial charge in [-0.2, -0.15) is 4.31 Å². The van der Waals surface area contributed by atoms with Crippen molar-refractivity contribution in [2.75, 3.05) is 19.3 Å². The van der Waals surface area contributed by atoms with E-state index in [1.54, 1.807) is 12.1 Å². The van der Waals surface area contributed by atoms with E-state index < -0.39 is 10.0 Å². The minimum atomic E-state index is -3.34. The molecule has 0 bridgehead atoms. The molecule has 0 radical (unpaired) electrons. The number of hydrogen-bond acceptors (Lipinski definition) is 5. The van der Waals surface area contributed by atoms with Gasteiger partial charge in [-0.05, 0) is 31.9 Å². The lowest BCUT2D eigenvalue weighted by atomic mass is 10.1. The van der Waals surface area contributed by atoms with Gasteiger partial charge in [0.1, 0.15) is 11.6 Å². The SMILES string of the molecule is CS(=O)(=O)N1CCc2c(nc(C3CCCN3Cc3ccccc3F)[nH]c2=O)C1. The molecule has 0 amide bonds. The summed E-state index contributed by atoms with van der Waals surface area (Å²) in [6, 6.07) is 6.56. The van der Waals surface area contributed by atoms with Gasteiger partial charge >= 0.3 is 0 Å². The van der Waals surface area contributed by atoms with Gasteiger partial charge in [0.2, 0.25) is 10.0 Å². The highest BCUT2D eigenvalue weighted by molar-refractivity contribution is 7.88. The first-order valence-electron chi connectivity index (χ1n) is 9.37. The summed E-state index contributed by atoms with van der Waals surface area (Å²) in [4.78, 5) is 22.2. The van der Waals surface area contributed by atoms with Gasteiger partial charge in [0.25, 0.3) is 5.56 Å². The Morgan fingerprint density at radius 1 is 1.29 bits per heavy atom. The van der Waals surface area contributed by atoms with Crippen LogP contribution in [0.3, 0.4) is 0 Å². The van der Waals surface area contributed by atoms with Crippen molar-refractivity contribution in [2.24, 2.45) is 0 Å². The molecule has 2 aliphatic heterocycles. The second-order valence-corrected chi connectivity index (χ2v) is 9.43. The lowest BCUT2D eigenvalue weighted by molar-refractivity contribution is 0.235. The summed E-state index contributed by atoms with van der Waals surface area (Å²) >= 11 is 0. The molecule has 2 aliphatic rings. The van der Waals surface area contributed by atoms with E-state index in [9.17, 15) is 17.6 Å². The topological polar surface area (TPSA) is 86.4 Å². The summed E-state index contributed by atoms with van der Waals surface area (Å²) in [5.74, 6) is 0.289. The monoisotopic (exact) mass is 406 g/mol. The van der Waals surface area contributed by atoms with Gasteiger partial charge in [0, 0.05) is 24.2 Å². The molecule has 0 spiro atoms. The standard InChI is InChI=1S/C19H23FN4O3S/c1-28(26,27)24-10-8-14-16(12-24)21-18(22-19(14)25)17-7-4-9-23(17)11-13-5-2-3-6-15(13)20/h2-3,5-6,17H,4,7-12H2,1H3,(H,21,22,25). The number of likely N-dealkylation sites (tertiary alicyclic amines) is 1. The summed E-state index contributed by atoms with van der Waals surface area (Å²) in [6.07, 6.45) is 3.26. The van der Waals surface area contributed by atoms with Gasteiger partial charge in [-0.25, -0.2) is 17.8 Å². The molecule has 3 heterocycles. The average Bonchev–Trinajstić information content (AvgIpc) is 3.10. The molecular formula is C19H23FN4O3S. The fourth-order valence-corrected chi connectivity index (χ4v) is 4.83. The number of halogens is 1. The normalized spacial score (nSPS) is 21.0. The highest BCUT2D eigenvalue weighted by atomic mass is 32.2. The van der Waals surface area contributed by atoms with Crippen LogP contribution >= 0.6 is 0 Å². The molecule has 1 saturated heterocycles. The predicted molar refractivity (Wildman–Crippen MR) is 103 cm³/mol. The molecule has 1 atom stereocenters. The van der Waals surface area contributed by atoms with E-state index >= 15 is 0 Å². The van der Waals surface area contributed by atoms with Crippen molar-refractivity contribution in [2.45, 2.75) is 38.4 Å². The van der Waals surface area contributed by atoms with E-state index in [1.807, 2.05) is 6.07 Å². The minimum Gasteiger partial charge on any atom is -0.309 e. The van der Waals surface area contributed by atoms with E-state index in [0.717, 1.165) is 19.4 Å². The number of nitrogens with zero attached hydrogens (tertiary/aromatic N) is 3. The first-order chi connectivity index (χ1) is 13.3. The van der Waals surface area contributed by atoms with E-state index in [2.05, 4.69) is 14.9 Å². The van der Waals surface area contributed by atoms with Crippen molar-refractivity contribution in [1.82, 2.24) is 19.2 Å².